The van der Waals surface area contributed by atoms with Gasteiger partial charge in [0, 0.05) is 29.1 Å². The summed E-state index contributed by atoms with van der Waals surface area (Å²) in [5.41, 5.74) is 4.27. The normalized spacial score (nSPS) is 14.8. The van der Waals surface area contributed by atoms with Crippen molar-refractivity contribution in [1.29, 1.82) is 0 Å². The third-order valence-electron chi connectivity index (χ3n) is 3.75. The summed E-state index contributed by atoms with van der Waals surface area (Å²) in [4.78, 5) is 0. The third-order valence-corrected chi connectivity index (χ3v) is 4.35. The number of alkyl halides is 1. The molecule has 19 heavy (non-hydrogen) atoms. The lowest BCUT2D eigenvalue weighted by molar-refractivity contribution is 0.554. The van der Waals surface area contributed by atoms with Gasteiger partial charge in [-0.25, -0.2) is 0 Å². The van der Waals surface area contributed by atoms with Gasteiger partial charge in [-0.05, 0) is 31.2 Å². The SMILES string of the molecule is BrCc1cnn(CCCc2ccccc2)c1C1CC1. The summed E-state index contributed by atoms with van der Waals surface area (Å²) in [5.74, 6) is 0.770. The van der Waals surface area contributed by atoms with Gasteiger partial charge in [0.25, 0.3) is 0 Å². The fraction of sp³-hybridized carbons (Fsp3) is 0.438. The molecule has 2 aromatic rings. The molecule has 3 heteroatoms. The Morgan fingerprint density at radius 1 is 1.21 bits per heavy atom. The minimum atomic E-state index is 0.770. The molecule has 2 nitrogen and oxygen atoms in total. The van der Waals surface area contributed by atoms with E-state index in [0.717, 1.165) is 30.6 Å². The molecule has 1 aromatic heterocycles. The molecule has 100 valence electrons. The van der Waals surface area contributed by atoms with Crippen LogP contribution in [0.5, 0.6) is 0 Å². The molecule has 0 N–H and O–H groups in total. The molecule has 0 atom stereocenters. The van der Waals surface area contributed by atoms with Crippen LogP contribution in [0, 0.1) is 0 Å². The van der Waals surface area contributed by atoms with Crippen LogP contribution in [0.15, 0.2) is 36.5 Å². The van der Waals surface area contributed by atoms with Crippen LogP contribution in [0.1, 0.15) is 42.0 Å². The van der Waals surface area contributed by atoms with Crippen molar-refractivity contribution in [2.45, 2.75) is 43.5 Å². The van der Waals surface area contributed by atoms with Gasteiger partial charge in [0.1, 0.15) is 0 Å². The van der Waals surface area contributed by atoms with E-state index in [1.807, 2.05) is 6.20 Å². The van der Waals surface area contributed by atoms with Crippen molar-refractivity contribution < 1.29 is 0 Å². The van der Waals surface area contributed by atoms with Crippen molar-refractivity contribution in [3.8, 4) is 0 Å². The monoisotopic (exact) mass is 318 g/mol. The molecular formula is C16H19BrN2. The molecule has 3 rings (SSSR count). The highest BCUT2D eigenvalue weighted by Gasteiger charge is 2.29. The zero-order chi connectivity index (χ0) is 13.1. The summed E-state index contributed by atoms with van der Waals surface area (Å²) in [6.45, 7) is 1.04. The Labute approximate surface area is 123 Å². The third kappa shape index (κ3) is 3.08. The van der Waals surface area contributed by atoms with E-state index in [2.05, 4.69) is 56.0 Å². The van der Waals surface area contributed by atoms with Crippen LogP contribution < -0.4 is 0 Å². The molecule has 1 heterocycles. The Bertz CT molecular complexity index is 529. The Balaban J connectivity index is 1.62. The molecule has 0 aliphatic heterocycles. The van der Waals surface area contributed by atoms with E-state index in [-0.39, 0.29) is 0 Å². The summed E-state index contributed by atoms with van der Waals surface area (Å²) in [5, 5.41) is 5.49. The van der Waals surface area contributed by atoms with Gasteiger partial charge in [-0.15, -0.1) is 0 Å². The molecule has 0 radical (unpaired) electrons. The molecular weight excluding hydrogens is 300 g/mol. The van der Waals surface area contributed by atoms with Crippen LogP contribution in [-0.2, 0) is 18.3 Å². The summed E-state index contributed by atoms with van der Waals surface area (Å²) in [7, 11) is 0. The van der Waals surface area contributed by atoms with E-state index in [0.29, 0.717) is 0 Å². The largest absolute Gasteiger partial charge is 0.269 e. The van der Waals surface area contributed by atoms with Crippen LogP contribution in [0.3, 0.4) is 0 Å². The van der Waals surface area contributed by atoms with Crippen molar-refractivity contribution in [2.24, 2.45) is 0 Å². The lowest BCUT2D eigenvalue weighted by Crippen LogP contribution is -2.06. The highest BCUT2D eigenvalue weighted by Crippen LogP contribution is 2.42. The quantitative estimate of drug-likeness (QED) is 0.726. The van der Waals surface area contributed by atoms with Crippen LogP contribution in [0.25, 0.3) is 0 Å². The average Bonchev–Trinajstić information content (AvgIpc) is 3.21. The van der Waals surface area contributed by atoms with E-state index in [1.54, 1.807) is 0 Å². The summed E-state index contributed by atoms with van der Waals surface area (Å²) in [6, 6.07) is 10.7. The van der Waals surface area contributed by atoms with Gasteiger partial charge in [0.05, 0.1) is 6.20 Å². The maximum Gasteiger partial charge on any atom is 0.0533 e. The summed E-state index contributed by atoms with van der Waals surface area (Å²) >= 11 is 3.57. The highest BCUT2D eigenvalue weighted by atomic mass is 79.9. The second-order valence-corrected chi connectivity index (χ2v) is 5.84. The lowest BCUT2D eigenvalue weighted by atomic mass is 10.1. The maximum absolute atomic E-state index is 4.57. The van der Waals surface area contributed by atoms with E-state index in [9.17, 15) is 0 Å². The zero-order valence-electron chi connectivity index (χ0n) is 11.1. The first-order valence-electron chi connectivity index (χ1n) is 7.03. The van der Waals surface area contributed by atoms with E-state index in [4.69, 9.17) is 0 Å². The van der Waals surface area contributed by atoms with Crippen LogP contribution in [-0.4, -0.2) is 9.78 Å². The minimum Gasteiger partial charge on any atom is -0.269 e. The first-order chi connectivity index (χ1) is 9.38. The predicted molar refractivity (Wildman–Crippen MR) is 81.6 cm³/mol. The smallest absolute Gasteiger partial charge is 0.0533 e. The van der Waals surface area contributed by atoms with Crippen LogP contribution >= 0.6 is 15.9 Å². The molecule has 1 fully saturated rings. The van der Waals surface area contributed by atoms with Gasteiger partial charge in [-0.1, -0.05) is 46.3 Å². The molecule has 1 aliphatic carbocycles. The first kappa shape index (κ1) is 12.9. The maximum atomic E-state index is 4.57. The van der Waals surface area contributed by atoms with Gasteiger partial charge >= 0.3 is 0 Å². The fourth-order valence-corrected chi connectivity index (χ4v) is 3.05. The number of aromatic nitrogens is 2. The Hall–Kier alpha value is -1.09. The van der Waals surface area contributed by atoms with Gasteiger partial charge in [-0.2, -0.15) is 5.10 Å². The second-order valence-electron chi connectivity index (χ2n) is 5.28. The van der Waals surface area contributed by atoms with Gasteiger partial charge in [0.15, 0.2) is 0 Å². The molecule has 1 saturated carbocycles. The number of benzene rings is 1. The Morgan fingerprint density at radius 2 is 2.00 bits per heavy atom. The fourth-order valence-electron chi connectivity index (χ4n) is 2.62. The standard InChI is InChI=1S/C16H19BrN2/c17-11-15-12-18-19(16(15)14-8-9-14)10-4-7-13-5-2-1-3-6-13/h1-3,5-6,12,14H,4,7-11H2. The van der Waals surface area contributed by atoms with E-state index >= 15 is 0 Å². The zero-order valence-corrected chi connectivity index (χ0v) is 12.6. The number of aryl methyl sites for hydroxylation is 2. The molecule has 0 amide bonds. The van der Waals surface area contributed by atoms with Gasteiger partial charge in [-0.3, -0.25) is 4.68 Å². The average molecular weight is 319 g/mol. The van der Waals surface area contributed by atoms with E-state index < -0.39 is 0 Å². The highest BCUT2D eigenvalue weighted by molar-refractivity contribution is 9.08. The number of halogens is 1. The van der Waals surface area contributed by atoms with Crippen LogP contribution in [0.2, 0.25) is 0 Å². The van der Waals surface area contributed by atoms with E-state index in [1.165, 1.54) is 29.7 Å². The van der Waals surface area contributed by atoms with Crippen molar-refractivity contribution in [3.63, 3.8) is 0 Å². The molecule has 0 spiro atoms. The molecule has 0 bridgehead atoms. The minimum absolute atomic E-state index is 0.770. The van der Waals surface area contributed by atoms with Gasteiger partial charge < -0.3 is 0 Å². The molecule has 0 unspecified atom stereocenters. The van der Waals surface area contributed by atoms with Crippen molar-refractivity contribution in [3.05, 3.63) is 53.3 Å². The topological polar surface area (TPSA) is 17.8 Å². The second kappa shape index (κ2) is 5.91. The summed E-state index contributed by atoms with van der Waals surface area (Å²) in [6.07, 6.45) is 7.00. The number of hydrogen-bond donors (Lipinski definition) is 0. The predicted octanol–water partition coefficient (Wildman–Crippen LogP) is 4.29. The van der Waals surface area contributed by atoms with Crippen molar-refractivity contribution >= 4 is 15.9 Å². The van der Waals surface area contributed by atoms with Crippen LogP contribution in [0.4, 0.5) is 0 Å². The summed E-state index contributed by atoms with van der Waals surface area (Å²) < 4.78 is 2.23. The Kier molecular flexibility index (Phi) is 4.02. The van der Waals surface area contributed by atoms with Crippen molar-refractivity contribution in [1.82, 2.24) is 9.78 Å². The molecule has 0 saturated heterocycles. The number of hydrogen-bond acceptors (Lipinski definition) is 1. The lowest BCUT2D eigenvalue weighted by Gasteiger charge is -2.08. The molecule has 1 aromatic carbocycles. The molecule has 1 aliphatic rings. The number of nitrogens with zero attached hydrogens (tertiary/aromatic N) is 2. The first-order valence-corrected chi connectivity index (χ1v) is 8.15. The Morgan fingerprint density at radius 3 is 2.68 bits per heavy atom. The van der Waals surface area contributed by atoms with Gasteiger partial charge in [0.2, 0.25) is 0 Å². The van der Waals surface area contributed by atoms with Crippen molar-refractivity contribution in [2.75, 3.05) is 0 Å². The number of rotatable bonds is 6.